The molecular formula is C12H16N2O2. The van der Waals surface area contributed by atoms with Crippen molar-refractivity contribution >= 4 is 11.8 Å². The minimum Gasteiger partial charge on any atom is -0.326 e. The van der Waals surface area contributed by atoms with E-state index in [-0.39, 0.29) is 29.7 Å². The molecule has 0 spiro atoms. The number of allylic oxidation sites excluding steroid dienone is 2. The smallest absolute Gasteiger partial charge is 0.233 e. The Morgan fingerprint density at radius 2 is 1.81 bits per heavy atom. The second kappa shape index (κ2) is 3.17. The van der Waals surface area contributed by atoms with Crippen molar-refractivity contribution in [2.45, 2.75) is 19.4 Å². The van der Waals surface area contributed by atoms with Gasteiger partial charge in [0.15, 0.2) is 0 Å². The average Bonchev–Trinajstić information content (AvgIpc) is 2.87. The third-order valence-electron chi connectivity index (χ3n) is 4.03. The fraction of sp³-hybridized carbons (Fsp3) is 0.667. The van der Waals surface area contributed by atoms with E-state index < -0.39 is 0 Å². The van der Waals surface area contributed by atoms with Crippen molar-refractivity contribution < 1.29 is 9.59 Å². The zero-order chi connectivity index (χ0) is 11.4. The topological polar surface area (TPSA) is 63.4 Å². The predicted molar refractivity (Wildman–Crippen MR) is 58.1 cm³/mol. The first-order valence-corrected chi connectivity index (χ1v) is 5.88. The zero-order valence-corrected chi connectivity index (χ0v) is 9.30. The molecule has 5 unspecified atom stereocenters. The number of carbonyl (C=O) groups excluding carboxylic acids is 2. The van der Waals surface area contributed by atoms with Crippen LogP contribution in [0.15, 0.2) is 12.2 Å². The van der Waals surface area contributed by atoms with Crippen molar-refractivity contribution in [1.29, 1.82) is 0 Å². The summed E-state index contributed by atoms with van der Waals surface area (Å²) in [5.74, 6) is 0.435. The summed E-state index contributed by atoms with van der Waals surface area (Å²) in [5, 5.41) is 0. The maximum atomic E-state index is 12.1. The number of amides is 2. The molecule has 0 radical (unpaired) electrons. The molecule has 16 heavy (non-hydrogen) atoms. The van der Waals surface area contributed by atoms with Crippen LogP contribution in [0.3, 0.4) is 0 Å². The van der Waals surface area contributed by atoms with Gasteiger partial charge in [-0.1, -0.05) is 12.2 Å². The largest absolute Gasteiger partial charge is 0.326 e. The highest BCUT2D eigenvalue weighted by molar-refractivity contribution is 6.06. The predicted octanol–water partition coefficient (Wildman–Crippen LogP) is 0.141. The van der Waals surface area contributed by atoms with Gasteiger partial charge >= 0.3 is 0 Å². The minimum absolute atomic E-state index is 0.00384. The lowest BCUT2D eigenvalue weighted by Gasteiger charge is -2.18. The summed E-state index contributed by atoms with van der Waals surface area (Å²) in [5.41, 5.74) is 5.67. The highest BCUT2D eigenvalue weighted by Gasteiger charge is 2.59. The summed E-state index contributed by atoms with van der Waals surface area (Å²) in [6.07, 6.45) is 5.19. The Balaban J connectivity index is 1.89. The van der Waals surface area contributed by atoms with Gasteiger partial charge in [-0.3, -0.25) is 14.5 Å². The fourth-order valence-electron chi connectivity index (χ4n) is 3.43. The SMILES string of the molecule is CC(N)CN1C(=O)C2C3C=CC(C3)C2C1=O. The lowest BCUT2D eigenvalue weighted by molar-refractivity contribution is -0.140. The molecule has 1 saturated heterocycles. The van der Waals surface area contributed by atoms with Crippen LogP contribution in [0.2, 0.25) is 0 Å². The van der Waals surface area contributed by atoms with Gasteiger partial charge in [-0.2, -0.15) is 0 Å². The molecule has 0 aromatic rings. The molecule has 2 N–H and O–H groups in total. The summed E-state index contributed by atoms with van der Waals surface area (Å²) in [7, 11) is 0. The van der Waals surface area contributed by atoms with Crippen LogP contribution in [-0.2, 0) is 9.59 Å². The third-order valence-corrected chi connectivity index (χ3v) is 4.03. The first kappa shape index (κ1) is 10.0. The number of fused-ring (bicyclic) bond motifs is 5. The van der Waals surface area contributed by atoms with Crippen LogP contribution in [0.1, 0.15) is 13.3 Å². The number of hydrogen-bond acceptors (Lipinski definition) is 3. The van der Waals surface area contributed by atoms with E-state index in [1.165, 1.54) is 4.90 Å². The quantitative estimate of drug-likeness (QED) is 0.532. The van der Waals surface area contributed by atoms with Gasteiger partial charge in [-0.25, -0.2) is 0 Å². The molecule has 3 aliphatic rings. The molecule has 1 heterocycles. The second-order valence-electron chi connectivity index (χ2n) is 5.26. The molecule has 5 atom stereocenters. The van der Waals surface area contributed by atoms with E-state index in [1.807, 2.05) is 6.92 Å². The number of hydrogen-bond donors (Lipinski definition) is 1. The van der Waals surface area contributed by atoms with Crippen LogP contribution in [-0.4, -0.2) is 29.3 Å². The van der Waals surface area contributed by atoms with Crippen LogP contribution in [0, 0.1) is 23.7 Å². The van der Waals surface area contributed by atoms with E-state index >= 15 is 0 Å². The molecule has 2 aliphatic carbocycles. The molecule has 4 nitrogen and oxygen atoms in total. The van der Waals surface area contributed by atoms with E-state index in [1.54, 1.807) is 0 Å². The highest BCUT2D eigenvalue weighted by Crippen LogP contribution is 2.52. The summed E-state index contributed by atoms with van der Waals surface area (Å²) >= 11 is 0. The van der Waals surface area contributed by atoms with Gasteiger partial charge in [0.2, 0.25) is 11.8 Å². The maximum Gasteiger partial charge on any atom is 0.233 e. The van der Waals surface area contributed by atoms with Gasteiger partial charge in [0.25, 0.3) is 0 Å². The number of rotatable bonds is 2. The number of carbonyl (C=O) groups is 2. The molecule has 4 heteroatoms. The van der Waals surface area contributed by atoms with E-state index in [2.05, 4.69) is 12.2 Å². The number of nitrogens with two attached hydrogens (primary N) is 1. The van der Waals surface area contributed by atoms with Crippen molar-refractivity contribution in [3.63, 3.8) is 0 Å². The lowest BCUT2D eigenvalue weighted by Crippen LogP contribution is -2.41. The normalized spacial score (nSPS) is 42.0. The monoisotopic (exact) mass is 220 g/mol. The van der Waals surface area contributed by atoms with Crippen molar-refractivity contribution in [2.24, 2.45) is 29.4 Å². The van der Waals surface area contributed by atoms with Gasteiger partial charge in [0, 0.05) is 12.6 Å². The van der Waals surface area contributed by atoms with Crippen LogP contribution < -0.4 is 5.73 Å². The Morgan fingerprint density at radius 1 is 1.31 bits per heavy atom. The van der Waals surface area contributed by atoms with E-state index in [0.29, 0.717) is 18.4 Å². The molecule has 1 saturated carbocycles. The summed E-state index contributed by atoms with van der Waals surface area (Å²) in [4.78, 5) is 25.7. The van der Waals surface area contributed by atoms with E-state index in [0.717, 1.165) is 6.42 Å². The highest BCUT2D eigenvalue weighted by atomic mass is 16.2. The molecular weight excluding hydrogens is 204 g/mol. The van der Waals surface area contributed by atoms with Gasteiger partial charge in [-0.15, -0.1) is 0 Å². The summed E-state index contributed by atoms with van der Waals surface area (Å²) < 4.78 is 0. The maximum absolute atomic E-state index is 12.1. The summed E-state index contributed by atoms with van der Waals surface area (Å²) in [6, 6.07) is -0.141. The average molecular weight is 220 g/mol. The Hall–Kier alpha value is -1.16. The van der Waals surface area contributed by atoms with Crippen molar-refractivity contribution in [3.8, 4) is 0 Å². The molecule has 2 amide bonds. The molecule has 1 aliphatic heterocycles. The minimum atomic E-state index is -0.141. The van der Waals surface area contributed by atoms with E-state index in [4.69, 9.17) is 5.73 Å². The fourth-order valence-corrected chi connectivity index (χ4v) is 3.43. The molecule has 86 valence electrons. The van der Waals surface area contributed by atoms with Gasteiger partial charge < -0.3 is 5.73 Å². The van der Waals surface area contributed by atoms with Crippen LogP contribution in [0.5, 0.6) is 0 Å². The zero-order valence-electron chi connectivity index (χ0n) is 9.30. The van der Waals surface area contributed by atoms with Gasteiger partial charge in [-0.05, 0) is 25.2 Å². The first-order valence-electron chi connectivity index (χ1n) is 5.88. The van der Waals surface area contributed by atoms with Crippen LogP contribution in [0.25, 0.3) is 0 Å². The number of imide groups is 1. The Bertz CT molecular complexity index is 358. The third kappa shape index (κ3) is 1.13. The Morgan fingerprint density at radius 3 is 2.25 bits per heavy atom. The lowest BCUT2D eigenvalue weighted by atomic mass is 9.85. The molecule has 0 aromatic carbocycles. The Kier molecular flexibility index (Phi) is 1.98. The van der Waals surface area contributed by atoms with E-state index in [9.17, 15) is 9.59 Å². The van der Waals surface area contributed by atoms with Crippen molar-refractivity contribution in [2.75, 3.05) is 6.54 Å². The molecule has 3 rings (SSSR count). The standard InChI is InChI=1S/C12H16N2O2/c1-6(13)5-14-11(15)9-7-2-3-8(4-7)10(9)12(14)16/h2-3,6-10H,4-5,13H2,1H3. The molecule has 2 fully saturated rings. The van der Waals surface area contributed by atoms with Gasteiger partial charge in [0.05, 0.1) is 11.8 Å². The van der Waals surface area contributed by atoms with Crippen molar-refractivity contribution in [3.05, 3.63) is 12.2 Å². The van der Waals surface area contributed by atoms with Crippen molar-refractivity contribution in [1.82, 2.24) is 4.90 Å². The van der Waals surface area contributed by atoms with Crippen LogP contribution in [0.4, 0.5) is 0 Å². The second-order valence-corrected chi connectivity index (χ2v) is 5.26. The Labute approximate surface area is 94.5 Å². The summed E-state index contributed by atoms with van der Waals surface area (Å²) in [6.45, 7) is 2.19. The number of nitrogens with zero attached hydrogens (tertiary/aromatic N) is 1. The number of likely N-dealkylation sites (tertiary alicyclic amines) is 1. The molecule has 0 aromatic heterocycles. The van der Waals surface area contributed by atoms with Gasteiger partial charge in [0.1, 0.15) is 0 Å². The first-order chi connectivity index (χ1) is 7.59. The molecule has 2 bridgehead atoms. The van der Waals surface area contributed by atoms with Crippen LogP contribution >= 0.6 is 0 Å².